The molecule has 6 heteroatoms. The van der Waals surface area contributed by atoms with E-state index >= 15 is 0 Å². The van der Waals surface area contributed by atoms with E-state index in [4.69, 9.17) is 0 Å². The smallest absolute Gasteiger partial charge is 0.320 e. The highest BCUT2D eigenvalue weighted by atomic mass is 16.7. The second-order valence-electron chi connectivity index (χ2n) is 2.89. The Kier molecular flexibility index (Phi) is 3.44. The number of rotatable bonds is 3. The summed E-state index contributed by atoms with van der Waals surface area (Å²) in [5, 5.41) is 2.91. The van der Waals surface area contributed by atoms with Crippen LogP contribution in [0.5, 0.6) is 0 Å². The van der Waals surface area contributed by atoms with Gasteiger partial charge in [0.1, 0.15) is 0 Å². The minimum atomic E-state index is -0.768. The number of hydrogen-bond acceptors (Lipinski definition) is 4. The molecule has 1 heterocycles. The van der Waals surface area contributed by atoms with E-state index in [2.05, 4.69) is 10.2 Å². The van der Waals surface area contributed by atoms with Gasteiger partial charge in [-0.1, -0.05) is 6.92 Å². The maximum atomic E-state index is 11.0. The maximum Gasteiger partial charge on any atom is 0.432 e. The van der Waals surface area contributed by atoms with Crippen molar-refractivity contribution in [2.75, 3.05) is 6.54 Å². The van der Waals surface area contributed by atoms with Crippen molar-refractivity contribution in [3.63, 3.8) is 0 Å². The zero-order valence-electron chi connectivity index (χ0n) is 7.91. The predicted molar refractivity (Wildman–Crippen MR) is 45.9 cm³/mol. The van der Waals surface area contributed by atoms with Crippen molar-refractivity contribution < 1.29 is 19.2 Å². The highest BCUT2D eigenvalue weighted by Crippen LogP contribution is 2.11. The molecule has 1 fully saturated rings. The Morgan fingerprint density at radius 1 is 1.43 bits per heavy atom. The largest absolute Gasteiger partial charge is 0.432 e. The third-order valence-corrected chi connectivity index (χ3v) is 1.70. The molecule has 14 heavy (non-hydrogen) atoms. The van der Waals surface area contributed by atoms with Crippen LogP contribution in [0, 0.1) is 0 Å². The fraction of sp³-hybridized carbons (Fsp3) is 0.625. The van der Waals surface area contributed by atoms with Crippen LogP contribution in [0.1, 0.15) is 26.2 Å². The van der Waals surface area contributed by atoms with Crippen molar-refractivity contribution in [3.05, 3.63) is 0 Å². The maximum absolute atomic E-state index is 11.0. The fourth-order valence-electron chi connectivity index (χ4n) is 1.00. The van der Waals surface area contributed by atoms with Crippen molar-refractivity contribution in [2.24, 2.45) is 0 Å². The number of nitrogens with zero attached hydrogens (tertiary/aromatic N) is 1. The van der Waals surface area contributed by atoms with Crippen LogP contribution in [-0.2, 0) is 14.4 Å². The monoisotopic (exact) mass is 204 g/mol. The Labute approximate surface area is 81.1 Å². The summed E-state index contributed by atoms with van der Waals surface area (Å²) < 4.78 is 0. The molecule has 0 aromatic heterocycles. The van der Waals surface area contributed by atoms with Gasteiger partial charge in [-0.15, -0.1) is 5.06 Å². The molecule has 0 atom stereocenters. The van der Waals surface area contributed by atoms with Crippen LogP contribution in [0.3, 0.4) is 0 Å². The molecule has 0 saturated carbocycles. The summed E-state index contributed by atoms with van der Waals surface area (Å²) in [7, 11) is 0. The van der Waals surface area contributed by atoms with Crippen LogP contribution in [0.4, 0.5) is 4.79 Å². The molecular weight excluding hydrogens is 192 g/mol. The van der Waals surface area contributed by atoms with Gasteiger partial charge in [-0.3, -0.25) is 9.59 Å². The fourth-order valence-corrected chi connectivity index (χ4v) is 1.00. The van der Waals surface area contributed by atoms with E-state index in [0.717, 1.165) is 6.42 Å². The van der Waals surface area contributed by atoms with Gasteiger partial charge in [0, 0.05) is 19.4 Å². The van der Waals surface area contributed by atoms with Crippen molar-refractivity contribution in [1.29, 1.82) is 0 Å². The van der Waals surface area contributed by atoms with Crippen LogP contribution in [0.2, 0.25) is 0 Å². The Bertz CT molecular complexity index is 248. The van der Waals surface area contributed by atoms with Gasteiger partial charge in [0.25, 0.3) is 11.8 Å². The van der Waals surface area contributed by atoms with Gasteiger partial charge >= 0.3 is 6.09 Å². The summed E-state index contributed by atoms with van der Waals surface area (Å²) >= 11 is 0. The topological polar surface area (TPSA) is 75.7 Å². The number of hydroxylamine groups is 2. The average molecular weight is 204 g/mol. The molecule has 78 valence electrons. The van der Waals surface area contributed by atoms with Crippen molar-refractivity contribution >= 4 is 17.9 Å². The van der Waals surface area contributed by atoms with Gasteiger partial charge in [0.05, 0.1) is 0 Å². The lowest BCUT2D eigenvalue weighted by molar-refractivity contribution is -0.171. The standard InChI is InChI=1S/C8H12N2O4/c1-2-5-9-8(13)14-10-6(11)3-4-7(10)12/h2-5H2,1H3,(H,9,13)/i1+1,2+1,5+1,9+1. The molecule has 3 amide bonds. The van der Waals surface area contributed by atoms with E-state index in [1.165, 1.54) is 0 Å². The highest BCUT2D eigenvalue weighted by molar-refractivity contribution is 6.01. The zero-order valence-corrected chi connectivity index (χ0v) is 7.91. The van der Waals surface area contributed by atoms with E-state index in [-0.39, 0.29) is 12.8 Å². The Hall–Kier alpha value is -1.59. The van der Waals surface area contributed by atoms with Crippen LogP contribution in [0.15, 0.2) is 0 Å². The van der Waals surface area contributed by atoms with Crippen LogP contribution in [0.25, 0.3) is 0 Å². The summed E-state index contributed by atoms with van der Waals surface area (Å²) in [5.74, 6) is -0.941. The normalized spacial score (nSPS) is 15.9. The second-order valence-corrected chi connectivity index (χ2v) is 2.89. The Morgan fingerprint density at radius 3 is 2.50 bits per heavy atom. The molecule has 1 aliphatic heterocycles. The van der Waals surface area contributed by atoms with E-state index in [9.17, 15) is 14.4 Å². The van der Waals surface area contributed by atoms with Gasteiger partial charge in [0.15, 0.2) is 0 Å². The number of imide groups is 1. The third kappa shape index (κ3) is 2.45. The van der Waals surface area contributed by atoms with Crippen molar-refractivity contribution in [2.45, 2.75) is 26.2 Å². The summed E-state index contributed by atoms with van der Waals surface area (Å²) in [6.07, 6.45) is 0.215. The highest BCUT2D eigenvalue weighted by Gasteiger charge is 2.32. The molecule has 0 bridgehead atoms. The predicted octanol–water partition coefficient (Wildman–Crippen LogP) is 0.187. The van der Waals surface area contributed by atoms with Crippen molar-refractivity contribution in [3.8, 4) is 0 Å². The first-order valence-electron chi connectivity index (χ1n) is 4.46. The summed E-state index contributed by atoms with van der Waals surface area (Å²) in [6, 6.07) is 0. The molecule has 0 radical (unpaired) electrons. The molecule has 1 aliphatic rings. The summed E-state index contributed by atoms with van der Waals surface area (Å²) in [6.45, 7) is 2.33. The molecule has 0 aromatic carbocycles. The molecule has 6 nitrogen and oxygen atoms in total. The molecular formula is C8H12N2O4. The summed E-state index contributed by atoms with van der Waals surface area (Å²) in [5.41, 5.74) is 0. The number of hydrogen-bond donors (Lipinski definition) is 1. The van der Waals surface area contributed by atoms with Gasteiger partial charge in [-0.05, 0) is 6.42 Å². The number of carbonyl (C=O) groups excluding carboxylic acids is 3. The first-order valence-corrected chi connectivity index (χ1v) is 4.46. The van der Waals surface area contributed by atoms with E-state index in [1.807, 2.05) is 6.92 Å². The number of amides is 3. The van der Waals surface area contributed by atoms with E-state index in [1.54, 1.807) is 0 Å². The first kappa shape index (κ1) is 10.5. The Balaban J connectivity index is 2.39. The lowest BCUT2D eigenvalue weighted by Crippen LogP contribution is -2.37. The lowest BCUT2D eigenvalue weighted by atomic mass is 10.4. The molecule has 0 aromatic rings. The van der Waals surface area contributed by atoms with E-state index < -0.39 is 17.9 Å². The molecule has 0 spiro atoms. The lowest BCUT2D eigenvalue weighted by Gasteiger charge is -2.12. The van der Waals surface area contributed by atoms with Gasteiger partial charge < -0.3 is 10.2 Å². The summed E-state index contributed by atoms with van der Waals surface area (Å²) in [4.78, 5) is 37.5. The minimum absolute atomic E-state index is 0.111. The van der Waals surface area contributed by atoms with Gasteiger partial charge in [-0.2, -0.15) is 0 Å². The zero-order chi connectivity index (χ0) is 10.6. The van der Waals surface area contributed by atoms with Gasteiger partial charge in [-0.25, -0.2) is 4.79 Å². The third-order valence-electron chi connectivity index (χ3n) is 1.70. The molecule has 1 rings (SSSR count). The number of carbonyl (C=O) groups is 3. The molecule has 0 aliphatic carbocycles. The average Bonchev–Trinajstić information content (AvgIpc) is 2.46. The van der Waals surface area contributed by atoms with E-state index in [0.29, 0.717) is 11.6 Å². The number of nitrogens with one attached hydrogen (secondary N) is 1. The SMILES string of the molecule is [13CH3][13CH2][13CH2][15NH]C(=O)ON1C(=O)CCC1=O. The quantitative estimate of drug-likeness (QED) is 0.404. The van der Waals surface area contributed by atoms with Crippen LogP contribution >= 0.6 is 0 Å². The minimum Gasteiger partial charge on any atom is -0.320 e. The molecule has 1 saturated heterocycles. The van der Waals surface area contributed by atoms with Crippen LogP contribution < -0.4 is 5.32 Å². The molecule has 0 unspecified atom stereocenters. The van der Waals surface area contributed by atoms with Crippen LogP contribution in [-0.4, -0.2) is 29.5 Å². The molecule has 1 N–H and O–H groups in total. The second kappa shape index (κ2) is 4.59. The van der Waals surface area contributed by atoms with Crippen molar-refractivity contribution in [1.82, 2.24) is 10.4 Å². The van der Waals surface area contributed by atoms with Gasteiger partial charge in [0.2, 0.25) is 0 Å². The Morgan fingerprint density at radius 2 is 2.00 bits per heavy atom. The first-order chi connectivity index (χ1) is 6.65.